The Labute approximate surface area is 259 Å². The van der Waals surface area contributed by atoms with Gasteiger partial charge in [-0.1, -0.05) is 87.9 Å². The monoisotopic (exact) mass is 1120 g/mol. The SMILES string of the molecule is BrCCBr.CC(CCI)C(F)(F)F.C[Si](C)(C)Cl.II.[CH2-]CC(C)C(F)(F)F.[Zn+][I]. The molecular weight excluding hydrogens is 1090 g/mol. The van der Waals surface area contributed by atoms with E-state index in [2.05, 4.69) is 115 Å². The Morgan fingerprint density at radius 2 is 1.13 bits per heavy atom. The van der Waals surface area contributed by atoms with Gasteiger partial charge in [-0.2, -0.15) is 43.8 Å². The van der Waals surface area contributed by atoms with Crippen molar-refractivity contribution in [2.24, 2.45) is 11.8 Å². The summed E-state index contributed by atoms with van der Waals surface area (Å²) in [6.07, 6.45) is -7.90. The van der Waals surface area contributed by atoms with Gasteiger partial charge in [-0.05, 0) is 6.42 Å². The fourth-order valence-electron chi connectivity index (χ4n) is 0.491. The van der Waals surface area contributed by atoms with Crippen molar-refractivity contribution in [1.29, 1.82) is 0 Å². The Balaban J connectivity index is -0.0000000628. The first-order valence-corrected chi connectivity index (χ1v) is 31.7. The van der Waals surface area contributed by atoms with Crippen molar-refractivity contribution in [3.63, 3.8) is 0 Å². The van der Waals surface area contributed by atoms with Crippen LogP contribution in [0.5, 0.6) is 0 Å². The molecule has 2 atom stereocenters. The van der Waals surface area contributed by atoms with E-state index >= 15 is 0 Å². The summed E-state index contributed by atoms with van der Waals surface area (Å²) in [4.78, 5) is 0. The molecule has 0 aromatic carbocycles. The van der Waals surface area contributed by atoms with E-state index in [0.29, 0.717) is 4.43 Å². The van der Waals surface area contributed by atoms with Crippen LogP contribution in [0.15, 0.2) is 0 Å². The van der Waals surface area contributed by atoms with E-state index in [1.165, 1.54) is 21.7 Å². The predicted octanol–water partition coefficient (Wildman–Crippen LogP) is 11.9. The van der Waals surface area contributed by atoms with Gasteiger partial charge in [0.05, 0.1) is 5.92 Å². The summed E-state index contributed by atoms with van der Waals surface area (Å²) < 4.78 is 69.7. The number of rotatable bonds is 4. The average Bonchev–Trinajstić information content (AvgIpc) is 2.62. The van der Waals surface area contributed by atoms with Gasteiger partial charge in [0.25, 0.3) is 0 Å². The summed E-state index contributed by atoms with van der Waals surface area (Å²) in [5.41, 5.74) is 0. The molecule has 0 saturated heterocycles. The molecule has 30 heavy (non-hydrogen) atoms. The first-order chi connectivity index (χ1) is 13.4. The molecule has 0 aromatic rings. The second-order valence-corrected chi connectivity index (χ2v) is 16.3. The Bertz CT molecular complexity index is 308. The molecule has 0 heterocycles. The van der Waals surface area contributed by atoms with Crippen LogP contribution in [0.4, 0.5) is 26.3 Å². The predicted molar refractivity (Wildman–Crippen MR) is 163 cm³/mol. The quantitative estimate of drug-likeness (QED) is 0.0657. The van der Waals surface area contributed by atoms with Gasteiger partial charge in [-0.25, -0.2) is 0 Å². The zero-order chi connectivity index (χ0) is 26.2. The van der Waals surface area contributed by atoms with Crippen LogP contribution in [-0.2, 0) is 14.8 Å². The van der Waals surface area contributed by atoms with Crippen molar-refractivity contribution in [2.75, 3.05) is 15.1 Å². The minimum atomic E-state index is -4.05. The van der Waals surface area contributed by atoms with Crippen LogP contribution in [0, 0.1) is 18.8 Å². The molecular formula is C15H29Br2ClF6I4SiZn. The van der Waals surface area contributed by atoms with Gasteiger partial charge < -0.3 is 6.92 Å². The first kappa shape index (κ1) is 47.7. The summed E-state index contributed by atoms with van der Waals surface area (Å²) in [6, 6.07) is 0. The molecule has 0 radical (unpaired) electrons. The number of hydrogen-bond donors (Lipinski definition) is 0. The van der Waals surface area contributed by atoms with Gasteiger partial charge in [0.2, 0.25) is 0 Å². The van der Waals surface area contributed by atoms with E-state index in [4.69, 9.17) is 11.1 Å². The van der Waals surface area contributed by atoms with E-state index in [-0.39, 0.29) is 12.8 Å². The van der Waals surface area contributed by atoms with E-state index in [9.17, 15) is 26.3 Å². The molecule has 2 unspecified atom stereocenters. The third-order valence-electron chi connectivity index (χ3n) is 2.16. The average molecular weight is 1120 g/mol. The van der Waals surface area contributed by atoms with Crippen LogP contribution in [0.1, 0.15) is 26.7 Å². The van der Waals surface area contributed by atoms with E-state index in [0.717, 1.165) is 17.6 Å². The molecule has 0 aliphatic carbocycles. The van der Waals surface area contributed by atoms with Gasteiger partial charge in [-0.15, -0.1) is 0 Å². The van der Waals surface area contributed by atoms with Gasteiger partial charge in [0, 0.05) is 58.2 Å². The molecule has 0 aliphatic heterocycles. The van der Waals surface area contributed by atoms with Crippen molar-refractivity contribution in [2.45, 2.75) is 58.7 Å². The Kier molecular flexibility index (Phi) is 50.3. The first-order valence-electron chi connectivity index (χ1n) is 8.08. The Hall–Kier alpha value is 4.59. The molecule has 0 spiro atoms. The van der Waals surface area contributed by atoms with E-state index < -0.39 is 31.6 Å². The third kappa shape index (κ3) is 63.7. The maximum atomic E-state index is 11.6. The maximum absolute atomic E-state index is 11.6. The second kappa shape index (κ2) is 31.6. The molecule has 0 fully saturated rings. The fourth-order valence-corrected chi connectivity index (χ4v) is 1.43. The van der Waals surface area contributed by atoms with Crippen molar-refractivity contribution in [3.8, 4) is 0 Å². The molecule has 0 rings (SSSR count). The third-order valence-corrected chi connectivity index (χ3v) is 4.64. The van der Waals surface area contributed by atoms with E-state index in [1.54, 1.807) is 0 Å². The summed E-state index contributed by atoms with van der Waals surface area (Å²) >= 11 is 21.9. The molecule has 0 bridgehead atoms. The summed E-state index contributed by atoms with van der Waals surface area (Å²) in [6.45, 7) is 11.7. The van der Waals surface area contributed by atoms with Gasteiger partial charge in [0.1, 0.15) is 7.38 Å². The zero-order valence-electron chi connectivity index (χ0n) is 17.5. The van der Waals surface area contributed by atoms with Gasteiger partial charge >= 0.3 is 46.9 Å². The molecule has 0 saturated carbocycles. The molecule has 15 heteroatoms. The van der Waals surface area contributed by atoms with Crippen molar-refractivity contribution in [1.82, 2.24) is 0 Å². The van der Waals surface area contributed by atoms with E-state index in [1.807, 2.05) is 22.6 Å². The minimum absolute atomic E-state index is 0.0799. The Morgan fingerprint density at radius 3 is 1.17 bits per heavy atom. The van der Waals surface area contributed by atoms with Gasteiger partial charge in [-0.3, -0.25) is 0 Å². The van der Waals surface area contributed by atoms with Crippen LogP contribution >= 0.6 is 123 Å². The summed E-state index contributed by atoms with van der Waals surface area (Å²) in [5.74, 6) is -2.41. The molecule has 0 N–H and O–H groups in total. The van der Waals surface area contributed by atoms with Crippen LogP contribution in [-0.4, -0.2) is 34.8 Å². The molecule has 0 aromatic heterocycles. The summed E-state index contributed by atoms with van der Waals surface area (Å²) in [7, 11) is -1.14. The zero-order valence-corrected chi connectivity index (χ0v) is 34.0. The second-order valence-electron chi connectivity index (χ2n) is 6.10. The van der Waals surface area contributed by atoms with Crippen molar-refractivity contribution >= 4 is 130 Å². The molecule has 0 amide bonds. The summed E-state index contributed by atoms with van der Waals surface area (Å²) in [5, 5.41) is 2.10. The molecule has 186 valence electrons. The number of alkyl halides is 9. The van der Waals surface area contributed by atoms with Gasteiger partial charge in [0.15, 0.2) is 0 Å². The van der Waals surface area contributed by atoms with Crippen LogP contribution in [0.2, 0.25) is 19.6 Å². The van der Waals surface area contributed by atoms with Crippen LogP contribution in [0.3, 0.4) is 0 Å². The molecule has 0 nitrogen and oxygen atoms in total. The van der Waals surface area contributed by atoms with Crippen molar-refractivity contribution < 1.29 is 41.1 Å². The number of hydrogen-bond acceptors (Lipinski definition) is 0. The normalized spacial score (nSPS) is 12.4. The molecule has 0 aliphatic rings. The topological polar surface area (TPSA) is 0 Å². The van der Waals surface area contributed by atoms with Crippen LogP contribution < -0.4 is 0 Å². The number of halogens is 13. The fraction of sp³-hybridized carbons (Fsp3) is 0.933. The Morgan fingerprint density at radius 1 is 0.900 bits per heavy atom. The van der Waals surface area contributed by atoms with Crippen molar-refractivity contribution in [3.05, 3.63) is 6.92 Å². The standard InChI is InChI=1S/C5H8F3I.C5H8F3.C3H9ClSi.C2H4Br2.I2.HI.Zn/c1-4(2-3-9)5(6,7)8;1-3-4(2)5(6,7)8;1-5(2,3)4;3-1-2-4;1-2;;/h4H,2-3H2,1H3;4H,1,3H2,2H3;1-3H3;1-2H2;;1H;/q;-1;;;;;+2/p-1. The van der Waals surface area contributed by atoms with Crippen LogP contribution in [0.25, 0.3) is 0 Å².